The molecular weight excluding hydrogens is 377 g/mol. The van der Waals surface area contributed by atoms with Crippen LogP contribution in [0.15, 0.2) is 36.4 Å². The minimum absolute atomic E-state index is 0.0244. The van der Waals surface area contributed by atoms with E-state index in [1.54, 1.807) is 37.3 Å². The Morgan fingerprint density at radius 1 is 1.08 bits per heavy atom. The van der Waals surface area contributed by atoms with E-state index in [9.17, 15) is 19.8 Å². The third-order valence-electron chi connectivity index (χ3n) is 4.43. The third kappa shape index (κ3) is 2.83. The van der Waals surface area contributed by atoms with E-state index in [1.807, 2.05) is 0 Å². The molecular formula is C19H15Cl2NO4. The number of phenols is 1. The highest BCUT2D eigenvalue weighted by atomic mass is 35.5. The number of fused-ring (bicyclic) bond motifs is 1. The lowest BCUT2D eigenvalue weighted by molar-refractivity contribution is -0.138. The number of carboxylic acids is 1. The third-order valence-corrected chi connectivity index (χ3v) is 5.07. The van der Waals surface area contributed by atoms with E-state index < -0.39 is 11.9 Å². The Balaban J connectivity index is 2.34. The zero-order chi connectivity index (χ0) is 19.2. The number of aromatic nitrogens is 1. The summed E-state index contributed by atoms with van der Waals surface area (Å²) >= 11 is 12.1. The highest BCUT2D eigenvalue weighted by Gasteiger charge is 2.28. The maximum Gasteiger partial charge on any atom is 0.310 e. The molecule has 0 aliphatic carbocycles. The Hall–Kier alpha value is -2.50. The Labute approximate surface area is 159 Å². The molecule has 2 aromatic carbocycles. The van der Waals surface area contributed by atoms with Crippen LogP contribution in [0.4, 0.5) is 0 Å². The van der Waals surface area contributed by atoms with E-state index in [-0.39, 0.29) is 16.7 Å². The number of halogens is 2. The first-order valence-corrected chi connectivity index (χ1v) is 8.55. The van der Waals surface area contributed by atoms with Crippen LogP contribution in [0.2, 0.25) is 10.0 Å². The van der Waals surface area contributed by atoms with Gasteiger partial charge in [-0.3, -0.25) is 14.2 Å². The van der Waals surface area contributed by atoms with Crippen LogP contribution in [0, 0.1) is 6.92 Å². The molecule has 1 unspecified atom stereocenters. The summed E-state index contributed by atoms with van der Waals surface area (Å²) in [6, 6.07) is 9.34. The first-order valence-electron chi connectivity index (χ1n) is 7.79. The van der Waals surface area contributed by atoms with E-state index in [2.05, 4.69) is 0 Å². The minimum Gasteiger partial charge on any atom is -0.506 e. The fourth-order valence-corrected chi connectivity index (χ4v) is 3.50. The summed E-state index contributed by atoms with van der Waals surface area (Å²) < 4.78 is 1.42. The van der Waals surface area contributed by atoms with Crippen molar-refractivity contribution in [2.45, 2.75) is 19.8 Å². The van der Waals surface area contributed by atoms with Crippen molar-refractivity contribution >= 4 is 46.0 Å². The predicted octanol–water partition coefficient (Wildman–Crippen LogP) is 4.84. The summed E-state index contributed by atoms with van der Waals surface area (Å²) in [5.74, 6) is -2.47. The van der Waals surface area contributed by atoms with Crippen LogP contribution in [0.25, 0.3) is 10.9 Å². The minimum atomic E-state index is -1.05. The molecule has 0 radical (unpaired) electrons. The molecule has 26 heavy (non-hydrogen) atoms. The van der Waals surface area contributed by atoms with Gasteiger partial charge < -0.3 is 10.2 Å². The number of rotatable bonds is 3. The van der Waals surface area contributed by atoms with Crippen molar-refractivity contribution in [1.82, 2.24) is 4.57 Å². The monoisotopic (exact) mass is 391 g/mol. The summed E-state index contributed by atoms with van der Waals surface area (Å²) in [4.78, 5) is 24.6. The maximum absolute atomic E-state index is 13.1. The van der Waals surface area contributed by atoms with Gasteiger partial charge in [-0.2, -0.15) is 0 Å². The highest BCUT2D eigenvalue weighted by Crippen LogP contribution is 2.40. The number of hydrogen-bond donors (Lipinski definition) is 2. The number of aromatic hydroxyl groups is 1. The van der Waals surface area contributed by atoms with Crippen molar-refractivity contribution in [1.29, 1.82) is 0 Å². The van der Waals surface area contributed by atoms with Gasteiger partial charge in [-0.25, -0.2) is 0 Å². The van der Waals surface area contributed by atoms with Crippen molar-refractivity contribution in [3.8, 4) is 5.75 Å². The number of phenolic OH excluding ortho intramolecular Hbond substituents is 1. The maximum atomic E-state index is 13.1. The largest absolute Gasteiger partial charge is 0.506 e. The van der Waals surface area contributed by atoms with Gasteiger partial charge in [-0.05, 0) is 55.8 Å². The summed E-state index contributed by atoms with van der Waals surface area (Å²) in [5.41, 5.74) is 1.69. The van der Waals surface area contributed by atoms with E-state index in [1.165, 1.54) is 17.6 Å². The summed E-state index contributed by atoms with van der Waals surface area (Å²) in [6.07, 6.45) is 0. The standard InChI is InChI=1S/C19H15Cl2NO4/c1-9(19(25)26)15-10(2)22(13-7-8-14(23)17(21)16(13)15)18(24)11-3-5-12(20)6-4-11/h3-9,23H,1-2H3,(H,25,26). The molecule has 0 aliphatic heterocycles. The van der Waals surface area contributed by atoms with E-state index in [0.29, 0.717) is 32.7 Å². The molecule has 0 spiro atoms. The number of carboxylic acid groups (broad SMARTS) is 1. The average molecular weight is 392 g/mol. The van der Waals surface area contributed by atoms with Gasteiger partial charge >= 0.3 is 5.97 Å². The van der Waals surface area contributed by atoms with Crippen molar-refractivity contribution in [3.63, 3.8) is 0 Å². The molecule has 0 saturated heterocycles. The van der Waals surface area contributed by atoms with Gasteiger partial charge in [0.1, 0.15) is 5.75 Å². The molecule has 0 aliphatic rings. The molecule has 0 fully saturated rings. The lowest BCUT2D eigenvalue weighted by atomic mass is 9.98. The lowest BCUT2D eigenvalue weighted by Crippen LogP contribution is -2.15. The second-order valence-electron chi connectivity index (χ2n) is 6.00. The van der Waals surface area contributed by atoms with Crippen LogP contribution in [0.3, 0.4) is 0 Å². The van der Waals surface area contributed by atoms with Crippen LogP contribution >= 0.6 is 23.2 Å². The first-order chi connectivity index (χ1) is 12.2. The fraction of sp³-hybridized carbons (Fsp3) is 0.158. The molecule has 0 amide bonds. The van der Waals surface area contributed by atoms with E-state index in [0.717, 1.165) is 0 Å². The van der Waals surface area contributed by atoms with Crippen molar-refractivity contribution in [3.05, 3.63) is 63.3 Å². The van der Waals surface area contributed by atoms with Crippen LogP contribution in [0.5, 0.6) is 5.75 Å². The van der Waals surface area contributed by atoms with Gasteiger partial charge in [0.25, 0.3) is 5.91 Å². The molecule has 3 rings (SSSR count). The van der Waals surface area contributed by atoms with Crippen molar-refractivity contribution in [2.24, 2.45) is 0 Å². The highest BCUT2D eigenvalue weighted by molar-refractivity contribution is 6.37. The van der Waals surface area contributed by atoms with Crippen LogP contribution in [-0.2, 0) is 4.79 Å². The van der Waals surface area contributed by atoms with Crippen LogP contribution in [-0.4, -0.2) is 26.7 Å². The molecule has 1 aromatic heterocycles. The van der Waals surface area contributed by atoms with E-state index in [4.69, 9.17) is 23.2 Å². The Bertz CT molecular complexity index is 1040. The van der Waals surface area contributed by atoms with Gasteiger partial charge in [0.05, 0.1) is 16.5 Å². The molecule has 134 valence electrons. The molecule has 0 saturated carbocycles. The zero-order valence-corrected chi connectivity index (χ0v) is 15.5. The molecule has 1 atom stereocenters. The normalized spacial score (nSPS) is 12.3. The average Bonchev–Trinajstić information content (AvgIpc) is 2.90. The molecule has 7 heteroatoms. The smallest absolute Gasteiger partial charge is 0.310 e. The lowest BCUT2D eigenvalue weighted by Gasteiger charge is -2.09. The second-order valence-corrected chi connectivity index (χ2v) is 6.81. The molecule has 0 bridgehead atoms. The molecule has 2 N–H and O–H groups in total. The van der Waals surface area contributed by atoms with Gasteiger partial charge in [-0.1, -0.05) is 23.2 Å². The Kier molecular flexibility index (Phi) is 4.69. The topological polar surface area (TPSA) is 79.5 Å². The van der Waals surface area contributed by atoms with Crippen LogP contribution in [0.1, 0.15) is 34.5 Å². The number of carbonyl (C=O) groups is 2. The summed E-state index contributed by atoms with van der Waals surface area (Å²) in [5, 5.41) is 20.3. The Morgan fingerprint density at radius 2 is 1.69 bits per heavy atom. The summed E-state index contributed by atoms with van der Waals surface area (Å²) in [7, 11) is 0. The second kappa shape index (κ2) is 6.67. The van der Waals surface area contributed by atoms with Crippen molar-refractivity contribution < 1.29 is 19.8 Å². The Morgan fingerprint density at radius 3 is 2.27 bits per heavy atom. The quantitative estimate of drug-likeness (QED) is 0.669. The number of hydrogen-bond acceptors (Lipinski definition) is 3. The number of aliphatic carboxylic acids is 1. The molecule has 3 aromatic rings. The van der Waals surface area contributed by atoms with Gasteiger partial charge in [0.15, 0.2) is 0 Å². The van der Waals surface area contributed by atoms with Gasteiger partial charge in [0.2, 0.25) is 0 Å². The van der Waals surface area contributed by atoms with E-state index >= 15 is 0 Å². The number of nitrogens with zero attached hydrogens (tertiary/aromatic N) is 1. The van der Waals surface area contributed by atoms with Crippen molar-refractivity contribution in [2.75, 3.05) is 0 Å². The number of carbonyl (C=O) groups excluding carboxylic acids is 1. The number of benzene rings is 2. The fourth-order valence-electron chi connectivity index (χ4n) is 3.12. The summed E-state index contributed by atoms with van der Waals surface area (Å²) in [6.45, 7) is 3.18. The molecule has 5 nitrogen and oxygen atoms in total. The van der Waals surface area contributed by atoms with Crippen LogP contribution < -0.4 is 0 Å². The predicted molar refractivity (Wildman–Crippen MR) is 101 cm³/mol. The van der Waals surface area contributed by atoms with Gasteiger partial charge in [-0.15, -0.1) is 0 Å². The zero-order valence-electron chi connectivity index (χ0n) is 14.0. The first kappa shape index (κ1) is 18.3. The molecule has 1 heterocycles. The SMILES string of the molecule is Cc1c(C(C)C(=O)O)c2c(Cl)c(O)ccc2n1C(=O)c1ccc(Cl)cc1. The van der Waals surface area contributed by atoms with Gasteiger partial charge in [0, 0.05) is 21.7 Å².